The minimum atomic E-state index is -0.856. The van der Waals surface area contributed by atoms with Crippen molar-refractivity contribution in [1.29, 1.82) is 0 Å². The molecule has 0 bridgehead atoms. The molecule has 1 aromatic carbocycles. The normalized spacial score (nSPS) is 11.2. The molecule has 3 rings (SSSR count). The summed E-state index contributed by atoms with van der Waals surface area (Å²) in [5, 5.41) is 10.5. The summed E-state index contributed by atoms with van der Waals surface area (Å²) >= 11 is 0. The van der Waals surface area contributed by atoms with Crippen molar-refractivity contribution in [2.24, 2.45) is 0 Å². The van der Waals surface area contributed by atoms with Gasteiger partial charge in [-0.2, -0.15) is 0 Å². The molecule has 0 saturated carbocycles. The largest absolute Gasteiger partial charge is 0.481 e. The monoisotopic (exact) mass is 216 g/mol. The second-order valence-electron chi connectivity index (χ2n) is 3.61. The number of carbonyl (C=O) groups is 1. The first-order valence-corrected chi connectivity index (χ1v) is 4.84. The predicted molar refractivity (Wildman–Crippen MR) is 57.3 cm³/mol. The molecule has 0 fully saturated rings. The van der Waals surface area contributed by atoms with Crippen molar-refractivity contribution in [2.75, 3.05) is 0 Å². The van der Waals surface area contributed by atoms with E-state index in [1.165, 1.54) is 6.26 Å². The van der Waals surface area contributed by atoms with Crippen molar-refractivity contribution in [3.63, 3.8) is 0 Å². The number of carboxylic acid groups (broad SMARTS) is 1. The van der Waals surface area contributed by atoms with Crippen LogP contribution >= 0.6 is 0 Å². The van der Waals surface area contributed by atoms with Crippen molar-refractivity contribution >= 4 is 27.9 Å². The maximum absolute atomic E-state index is 10.8. The first-order valence-electron chi connectivity index (χ1n) is 4.84. The first-order chi connectivity index (χ1) is 7.75. The molecular weight excluding hydrogens is 208 g/mol. The fourth-order valence-electron chi connectivity index (χ4n) is 1.93. The third-order valence-electron chi connectivity index (χ3n) is 2.58. The van der Waals surface area contributed by atoms with Gasteiger partial charge in [0.15, 0.2) is 11.2 Å². The van der Waals surface area contributed by atoms with Crippen molar-refractivity contribution in [2.45, 2.75) is 6.42 Å². The van der Waals surface area contributed by atoms with E-state index in [9.17, 15) is 4.79 Å². The number of benzene rings is 1. The minimum Gasteiger partial charge on any atom is -0.481 e. The van der Waals surface area contributed by atoms with Crippen LogP contribution in [0.1, 0.15) is 5.56 Å². The third-order valence-corrected chi connectivity index (χ3v) is 2.58. The number of hydrogen-bond donors (Lipinski definition) is 1. The highest BCUT2D eigenvalue weighted by Gasteiger charge is 2.13. The Labute approximate surface area is 90.1 Å². The molecule has 0 radical (unpaired) electrons. The van der Waals surface area contributed by atoms with Gasteiger partial charge in [0.05, 0.1) is 18.9 Å². The second kappa shape index (κ2) is 3.13. The van der Waals surface area contributed by atoms with Crippen LogP contribution in [0.15, 0.2) is 39.6 Å². The maximum Gasteiger partial charge on any atom is 0.307 e. The van der Waals surface area contributed by atoms with Gasteiger partial charge in [0.1, 0.15) is 0 Å². The minimum absolute atomic E-state index is 0.0167. The summed E-state index contributed by atoms with van der Waals surface area (Å²) in [6.45, 7) is 0. The quantitative estimate of drug-likeness (QED) is 0.715. The highest BCUT2D eigenvalue weighted by Crippen LogP contribution is 2.30. The molecule has 0 amide bonds. The van der Waals surface area contributed by atoms with Gasteiger partial charge in [-0.05, 0) is 23.8 Å². The van der Waals surface area contributed by atoms with E-state index in [4.69, 9.17) is 13.9 Å². The maximum atomic E-state index is 10.8. The van der Waals surface area contributed by atoms with Crippen molar-refractivity contribution in [1.82, 2.24) is 0 Å². The molecule has 0 aliphatic heterocycles. The molecular formula is C12H8O4. The molecule has 16 heavy (non-hydrogen) atoms. The average molecular weight is 216 g/mol. The Hall–Kier alpha value is -2.23. The zero-order valence-electron chi connectivity index (χ0n) is 8.27. The molecule has 2 heterocycles. The lowest BCUT2D eigenvalue weighted by atomic mass is 10.1. The molecule has 0 saturated heterocycles. The van der Waals surface area contributed by atoms with E-state index < -0.39 is 5.97 Å². The Kier molecular flexibility index (Phi) is 1.77. The number of furan rings is 2. The molecule has 4 nitrogen and oxygen atoms in total. The van der Waals surface area contributed by atoms with Crippen LogP contribution in [0.2, 0.25) is 0 Å². The molecule has 80 valence electrons. The Morgan fingerprint density at radius 1 is 1.19 bits per heavy atom. The second-order valence-corrected chi connectivity index (χ2v) is 3.61. The van der Waals surface area contributed by atoms with E-state index in [-0.39, 0.29) is 6.42 Å². The van der Waals surface area contributed by atoms with E-state index in [1.807, 2.05) is 6.07 Å². The number of rotatable bonds is 2. The molecule has 0 aliphatic rings. The van der Waals surface area contributed by atoms with Crippen LogP contribution < -0.4 is 0 Å². The van der Waals surface area contributed by atoms with E-state index >= 15 is 0 Å². The van der Waals surface area contributed by atoms with Gasteiger partial charge in [0.2, 0.25) is 0 Å². The Balaban J connectivity index is 2.38. The van der Waals surface area contributed by atoms with Gasteiger partial charge in [-0.15, -0.1) is 0 Å². The van der Waals surface area contributed by atoms with Crippen LogP contribution in [-0.2, 0) is 11.2 Å². The lowest BCUT2D eigenvalue weighted by Gasteiger charge is -1.99. The summed E-state index contributed by atoms with van der Waals surface area (Å²) < 4.78 is 10.6. The van der Waals surface area contributed by atoms with Crippen LogP contribution in [0.4, 0.5) is 0 Å². The van der Waals surface area contributed by atoms with Gasteiger partial charge >= 0.3 is 5.97 Å². The molecule has 0 aliphatic carbocycles. The van der Waals surface area contributed by atoms with Crippen LogP contribution in [0, 0.1) is 0 Å². The first kappa shape index (κ1) is 9.03. The van der Waals surface area contributed by atoms with Gasteiger partial charge in [0, 0.05) is 10.8 Å². The van der Waals surface area contributed by atoms with Gasteiger partial charge in [0.25, 0.3) is 0 Å². The SMILES string of the molecule is O=C(O)Cc1cc2ccoc2c2occc12. The van der Waals surface area contributed by atoms with Gasteiger partial charge < -0.3 is 13.9 Å². The van der Waals surface area contributed by atoms with Gasteiger partial charge in [-0.25, -0.2) is 0 Å². The number of hydrogen-bond acceptors (Lipinski definition) is 3. The zero-order chi connectivity index (χ0) is 11.1. The number of fused-ring (bicyclic) bond motifs is 3. The fourth-order valence-corrected chi connectivity index (χ4v) is 1.93. The topological polar surface area (TPSA) is 63.6 Å². The molecule has 0 unspecified atom stereocenters. The Morgan fingerprint density at radius 2 is 1.94 bits per heavy atom. The van der Waals surface area contributed by atoms with Crippen LogP contribution in [-0.4, -0.2) is 11.1 Å². The fraction of sp³-hybridized carbons (Fsp3) is 0.0833. The average Bonchev–Trinajstić information content (AvgIpc) is 2.82. The number of aliphatic carboxylic acids is 1. The zero-order valence-corrected chi connectivity index (χ0v) is 8.27. The Bertz CT molecular complexity index is 675. The summed E-state index contributed by atoms with van der Waals surface area (Å²) in [6.07, 6.45) is 3.09. The van der Waals surface area contributed by atoms with E-state index in [2.05, 4.69) is 0 Å². The standard InChI is InChI=1S/C12H8O4/c13-10(14)6-8-5-7-1-3-15-11(7)12-9(8)2-4-16-12/h1-5H,6H2,(H,13,14). The van der Waals surface area contributed by atoms with Gasteiger partial charge in [-0.1, -0.05) is 0 Å². The third kappa shape index (κ3) is 1.20. The van der Waals surface area contributed by atoms with Crippen molar-refractivity contribution in [3.8, 4) is 0 Å². The van der Waals surface area contributed by atoms with E-state index in [0.717, 1.165) is 16.3 Å². The van der Waals surface area contributed by atoms with Crippen LogP contribution in [0.25, 0.3) is 21.9 Å². The summed E-state index contributed by atoms with van der Waals surface area (Å²) in [4.78, 5) is 10.8. The van der Waals surface area contributed by atoms with E-state index in [1.54, 1.807) is 18.4 Å². The summed E-state index contributed by atoms with van der Waals surface area (Å²) in [6, 6.07) is 5.38. The molecule has 2 aromatic heterocycles. The molecule has 0 atom stereocenters. The van der Waals surface area contributed by atoms with Crippen molar-refractivity contribution in [3.05, 3.63) is 36.3 Å². The Morgan fingerprint density at radius 3 is 2.75 bits per heavy atom. The summed E-state index contributed by atoms with van der Waals surface area (Å²) in [5.74, 6) is -0.856. The lowest BCUT2D eigenvalue weighted by Crippen LogP contribution is -2.00. The summed E-state index contributed by atoms with van der Waals surface area (Å²) in [7, 11) is 0. The van der Waals surface area contributed by atoms with Crippen molar-refractivity contribution < 1.29 is 18.7 Å². The molecule has 3 aromatic rings. The molecule has 1 N–H and O–H groups in total. The smallest absolute Gasteiger partial charge is 0.307 e. The highest BCUT2D eigenvalue weighted by atomic mass is 16.4. The highest BCUT2D eigenvalue weighted by molar-refractivity contribution is 6.03. The number of carboxylic acids is 1. The van der Waals surface area contributed by atoms with E-state index in [0.29, 0.717) is 11.2 Å². The molecule has 0 spiro atoms. The predicted octanol–water partition coefficient (Wildman–Crippen LogP) is 2.81. The van der Waals surface area contributed by atoms with Crippen LogP contribution in [0.5, 0.6) is 0 Å². The van der Waals surface area contributed by atoms with Gasteiger partial charge in [-0.3, -0.25) is 4.79 Å². The van der Waals surface area contributed by atoms with Crippen LogP contribution in [0.3, 0.4) is 0 Å². The lowest BCUT2D eigenvalue weighted by molar-refractivity contribution is -0.136. The summed E-state index contributed by atoms with van der Waals surface area (Å²) in [5.41, 5.74) is 2.01. The molecule has 4 heteroatoms.